The molecule has 0 bridgehead atoms. The van der Waals surface area contributed by atoms with E-state index in [4.69, 9.17) is 4.84 Å². The minimum absolute atomic E-state index is 0. The number of hydrogen-bond acceptors (Lipinski definition) is 2. The van der Waals surface area contributed by atoms with Crippen LogP contribution in [0.3, 0.4) is 0 Å². The van der Waals surface area contributed by atoms with Crippen molar-refractivity contribution in [2.24, 2.45) is 0 Å². The molecule has 0 aromatic rings. The van der Waals surface area contributed by atoms with Crippen molar-refractivity contribution in [1.82, 2.24) is 5.48 Å². The third-order valence-corrected chi connectivity index (χ3v) is 1.08. The van der Waals surface area contributed by atoms with E-state index in [1.54, 1.807) is 0 Å². The minimum atomic E-state index is -0.161. The molecule has 0 aliphatic rings. The lowest BCUT2D eigenvalue weighted by Gasteiger charge is -2.23. The Kier molecular flexibility index (Phi) is 8.07. The summed E-state index contributed by atoms with van der Waals surface area (Å²) < 4.78 is 0.833. The Balaban J connectivity index is 0. The molecular formula is C7H17IN2O2. The van der Waals surface area contributed by atoms with Crippen LogP contribution in [0.15, 0.2) is 0 Å². The van der Waals surface area contributed by atoms with Gasteiger partial charge in [-0.05, 0) is 0 Å². The first-order chi connectivity index (χ1) is 4.92. The van der Waals surface area contributed by atoms with Crippen LogP contribution in [0.5, 0.6) is 0 Å². The number of quaternary nitrogens is 1. The Hall–Kier alpha value is 0.120. The molecule has 0 aliphatic carbocycles. The van der Waals surface area contributed by atoms with Gasteiger partial charge >= 0.3 is 0 Å². The van der Waals surface area contributed by atoms with Crippen LogP contribution in [-0.2, 0) is 9.63 Å². The van der Waals surface area contributed by atoms with Crippen molar-refractivity contribution in [2.45, 2.75) is 6.92 Å². The van der Waals surface area contributed by atoms with E-state index in [1.165, 1.54) is 6.92 Å². The lowest BCUT2D eigenvalue weighted by atomic mass is 10.5. The van der Waals surface area contributed by atoms with Gasteiger partial charge in [-0.25, -0.2) is 5.48 Å². The second kappa shape index (κ2) is 6.62. The fourth-order valence-corrected chi connectivity index (χ4v) is 0.472. The predicted octanol–water partition coefficient (Wildman–Crippen LogP) is -3.24. The molecule has 4 nitrogen and oxygen atoms in total. The molecule has 0 heterocycles. The van der Waals surface area contributed by atoms with E-state index in [1.807, 2.05) is 0 Å². The van der Waals surface area contributed by atoms with Crippen LogP contribution in [0, 0.1) is 0 Å². The van der Waals surface area contributed by atoms with Crippen LogP contribution in [0.1, 0.15) is 6.92 Å². The summed E-state index contributed by atoms with van der Waals surface area (Å²) in [5, 5.41) is 0. The van der Waals surface area contributed by atoms with Gasteiger partial charge in [0.25, 0.3) is 0 Å². The van der Waals surface area contributed by atoms with Gasteiger partial charge < -0.3 is 28.5 Å². The van der Waals surface area contributed by atoms with Crippen LogP contribution < -0.4 is 29.5 Å². The van der Waals surface area contributed by atoms with Crippen LogP contribution in [0.25, 0.3) is 0 Å². The third-order valence-electron chi connectivity index (χ3n) is 1.08. The molecule has 0 aliphatic heterocycles. The highest BCUT2D eigenvalue weighted by atomic mass is 127. The molecular weight excluding hydrogens is 271 g/mol. The molecule has 0 aromatic heterocycles. The van der Waals surface area contributed by atoms with Gasteiger partial charge in [-0.3, -0.25) is 9.63 Å². The van der Waals surface area contributed by atoms with Crippen molar-refractivity contribution in [3.63, 3.8) is 0 Å². The van der Waals surface area contributed by atoms with Gasteiger partial charge in [0.2, 0.25) is 5.91 Å². The predicted molar refractivity (Wildman–Crippen MR) is 42.7 cm³/mol. The van der Waals surface area contributed by atoms with Gasteiger partial charge in [0.05, 0.1) is 21.1 Å². The van der Waals surface area contributed by atoms with Crippen molar-refractivity contribution in [1.29, 1.82) is 0 Å². The standard InChI is InChI=1S/C7H16N2O2.HI/c1-7(10)8-11-6-5-9(2,3)4;/h5-6H2,1-4H3;1H. The highest BCUT2D eigenvalue weighted by Gasteiger charge is 2.05. The van der Waals surface area contributed by atoms with Crippen molar-refractivity contribution in [3.8, 4) is 0 Å². The monoisotopic (exact) mass is 288 g/mol. The van der Waals surface area contributed by atoms with Crippen LogP contribution in [0.2, 0.25) is 0 Å². The summed E-state index contributed by atoms with van der Waals surface area (Å²) in [6.07, 6.45) is 0. The fraction of sp³-hybridized carbons (Fsp3) is 0.857. The summed E-state index contributed by atoms with van der Waals surface area (Å²) in [5.41, 5.74) is 2.27. The first-order valence-corrected chi connectivity index (χ1v) is 3.60. The van der Waals surface area contributed by atoms with Crippen molar-refractivity contribution in [2.75, 3.05) is 34.3 Å². The van der Waals surface area contributed by atoms with Gasteiger partial charge in [0.15, 0.2) is 0 Å². The molecule has 0 saturated carbocycles. The maximum Gasteiger partial charge on any atom is 0.240 e. The quantitative estimate of drug-likeness (QED) is 0.256. The highest BCUT2D eigenvalue weighted by Crippen LogP contribution is 1.87. The third kappa shape index (κ3) is 12.8. The average Bonchev–Trinajstić information content (AvgIpc) is 1.78. The Morgan fingerprint density at radius 1 is 1.42 bits per heavy atom. The number of rotatable bonds is 4. The molecule has 0 saturated heterocycles. The van der Waals surface area contributed by atoms with Gasteiger partial charge in [0, 0.05) is 6.92 Å². The Morgan fingerprint density at radius 3 is 2.25 bits per heavy atom. The Morgan fingerprint density at radius 2 is 1.92 bits per heavy atom. The van der Waals surface area contributed by atoms with E-state index in [0.29, 0.717) is 6.61 Å². The summed E-state index contributed by atoms with van der Waals surface area (Å²) >= 11 is 0. The van der Waals surface area contributed by atoms with Gasteiger partial charge in [0.1, 0.15) is 13.2 Å². The first kappa shape index (κ1) is 14.6. The van der Waals surface area contributed by atoms with Crippen LogP contribution in [-0.4, -0.2) is 44.7 Å². The van der Waals surface area contributed by atoms with E-state index in [-0.39, 0.29) is 29.9 Å². The fourth-order valence-electron chi connectivity index (χ4n) is 0.472. The molecule has 1 amide bonds. The van der Waals surface area contributed by atoms with Crippen molar-refractivity contribution >= 4 is 5.91 Å². The topological polar surface area (TPSA) is 38.3 Å². The van der Waals surface area contributed by atoms with Crippen molar-refractivity contribution < 1.29 is 38.1 Å². The number of halogens is 1. The zero-order valence-electron chi connectivity index (χ0n) is 8.06. The first-order valence-electron chi connectivity index (χ1n) is 3.60. The largest absolute Gasteiger partial charge is 1.00 e. The molecule has 5 heteroatoms. The summed E-state index contributed by atoms with van der Waals surface area (Å²) in [6.45, 7) is 2.84. The molecule has 1 N–H and O–H groups in total. The summed E-state index contributed by atoms with van der Waals surface area (Å²) in [6, 6.07) is 0. The SMILES string of the molecule is CC(=O)NOCC[N+](C)(C)C.[I-]. The molecule has 0 atom stereocenters. The number of carbonyl (C=O) groups excluding carboxylic acids is 1. The second-order valence-corrected chi connectivity index (χ2v) is 3.52. The van der Waals surface area contributed by atoms with E-state index >= 15 is 0 Å². The van der Waals surface area contributed by atoms with Crippen LogP contribution in [0.4, 0.5) is 0 Å². The zero-order valence-corrected chi connectivity index (χ0v) is 10.2. The number of hydrogen-bond donors (Lipinski definition) is 1. The van der Waals surface area contributed by atoms with Gasteiger partial charge in [-0.2, -0.15) is 0 Å². The maximum atomic E-state index is 10.3. The van der Waals surface area contributed by atoms with Gasteiger partial charge in [-0.15, -0.1) is 0 Å². The second-order valence-electron chi connectivity index (χ2n) is 3.52. The van der Waals surface area contributed by atoms with E-state index in [2.05, 4.69) is 26.6 Å². The normalized spacial score (nSPS) is 10.3. The number of carbonyl (C=O) groups is 1. The van der Waals surface area contributed by atoms with Crippen molar-refractivity contribution in [3.05, 3.63) is 0 Å². The van der Waals surface area contributed by atoms with E-state index in [9.17, 15) is 4.79 Å². The van der Waals surface area contributed by atoms with E-state index < -0.39 is 0 Å². The number of amides is 1. The number of hydroxylamine groups is 1. The maximum absolute atomic E-state index is 10.3. The average molecular weight is 288 g/mol. The molecule has 74 valence electrons. The van der Waals surface area contributed by atoms with Gasteiger partial charge in [-0.1, -0.05) is 0 Å². The number of nitrogens with zero attached hydrogens (tertiary/aromatic N) is 1. The van der Waals surface area contributed by atoms with Crippen LogP contribution >= 0.6 is 0 Å². The molecule has 0 radical (unpaired) electrons. The lowest BCUT2D eigenvalue weighted by molar-refractivity contribution is -0.870. The molecule has 0 spiro atoms. The van der Waals surface area contributed by atoms with E-state index in [0.717, 1.165) is 11.0 Å². The minimum Gasteiger partial charge on any atom is -1.00 e. The lowest BCUT2D eigenvalue weighted by Crippen LogP contribution is -3.00. The smallest absolute Gasteiger partial charge is 0.240 e. The summed E-state index contributed by atoms with van der Waals surface area (Å²) in [7, 11) is 6.20. The number of nitrogens with one attached hydrogen (secondary N) is 1. The summed E-state index contributed by atoms with van der Waals surface area (Å²) in [4.78, 5) is 15.2. The Bertz CT molecular complexity index is 134. The number of likely N-dealkylation sites (N-methyl/N-ethyl adjacent to an activating group) is 1. The molecule has 12 heavy (non-hydrogen) atoms. The zero-order chi connectivity index (χ0) is 8.91. The Labute approximate surface area is 90.8 Å². The molecule has 0 fully saturated rings. The molecule has 0 unspecified atom stereocenters. The molecule has 0 rings (SSSR count). The highest BCUT2D eigenvalue weighted by molar-refractivity contribution is 5.71. The summed E-state index contributed by atoms with van der Waals surface area (Å²) in [5.74, 6) is -0.161. The molecule has 0 aromatic carbocycles.